The molecule has 0 amide bonds. The first-order valence-electron chi connectivity index (χ1n) is 7.34. The second kappa shape index (κ2) is 6.03. The van der Waals surface area contributed by atoms with Gasteiger partial charge in [-0.05, 0) is 18.8 Å². The number of hydrogen-bond donors (Lipinski definition) is 1. The van der Waals surface area contributed by atoms with Crippen LogP contribution in [0.2, 0.25) is 0 Å². The first-order chi connectivity index (χ1) is 9.34. The number of ether oxygens (including phenoxy) is 1. The molecule has 1 N–H and O–H groups in total. The predicted molar refractivity (Wildman–Crippen MR) is 73.9 cm³/mol. The lowest BCUT2D eigenvalue weighted by atomic mass is 10.00. The van der Waals surface area contributed by atoms with Crippen molar-refractivity contribution in [3.63, 3.8) is 0 Å². The third-order valence-electron chi connectivity index (χ3n) is 4.26. The lowest BCUT2D eigenvalue weighted by molar-refractivity contribution is 0.0252. The summed E-state index contributed by atoms with van der Waals surface area (Å²) in [5, 5.41) is 3.49. The van der Waals surface area contributed by atoms with Gasteiger partial charge in [0.25, 0.3) is 0 Å². The SMILES string of the molecule is Cn1ccnc1C1CNCCN1CC1CCCOC1. The van der Waals surface area contributed by atoms with Crippen LogP contribution >= 0.6 is 0 Å². The number of rotatable bonds is 3. The second-order valence-corrected chi connectivity index (χ2v) is 5.69. The second-order valence-electron chi connectivity index (χ2n) is 5.69. The van der Waals surface area contributed by atoms with E-state index < -0.39 is 0 Å². The molecule has 0 aliphatic carbocycles. The molecule has 2 saturated heterocycles. The maximum Gasteiger partial charge on any atom is 0.127 e. The number of nitrogens with one attached hydrogen (secondary N) is 1. The Hall–Kier alpha value is -0.910. The first-order valence-corrected chi connectivity index (χ1v) is 7.34. The lowest BCUT2D eigenvalue weighted by Crippen LogP contribution is -2.49. The molecule has 3 rings (SSSR count). The van der Waals surface area contributed by atoms with Gasteiger partial charge in [-0.2, -0.15) is 0 Å². The molecule has 0 spiro atoms. The zero-order valence-corrected chi connectivity index (χ0v) is 11.7. The summed E-state index contributed by atoms with van der Waals surface area (Å²) in [6.07, 6.45) is 6.44. The van der Waals surface area contributed by atoms with E-state index in [2.05, 4.69) is 26.8 Å². The summed E-state index contributed by atoms with van der Waals surface area (Å²) in [4.78, 5) is 7.11. The van der Waals surface area contributed by atoms with Crippen molar-refractivity contribution in [3.8, 4) is 0 Å². The first kappa shape index (κ1) is 13.1. The molecule has 0 radical (unpaired) electrons. The molecule has 106 valence electrons. The van der Waals surface area contributed by atoms with Crippen LogP contribution in [0.3, 0.4) is 0 Å². The Bertz CT molecular complexity index is 400. The van der Waals surface area contributed by atoms with Crippen LogP contribution < -0.4 is 5.32 Å². The number of piperazine rings is 1. The third-order valence-corrected chi connectivity index (χ3v) is 4.26. The molecule has 19 heavy (non-hydrogen) atoms. The molecule has 0 bridgehead atoms. The van der Waals surface area contributed by atoms with Crippen molar-refractivity contribution < 1.29 is 4.74 Å². The molecule has 5 nitrogen and oxygen atoms in total. The van der Waals surface area contributed by atoms with Crippen LogP contribution in [-0.4, -0.2) is 53.8 Å². The van der Waals surface area contributed by atoms with Gasteiger partial charge in [-0.1, -0.05) is 0 Å². The van der Waals surface area contributed by atoms with Crippen molar-refractivity contribution in [1.29, 1.82) is 0 Å². The molecule has 2 atom stereocenters. The fraction of sp³-hybridized carbons (Fsp3) is 0.786. The van der Waals surface area contributed by atoms with Crippen LogP contribution in [0.1, 0.15) is 24.7 Å². The van der Waals surface area contributed by atoms with Gasteiger partial charge in [-0.3, -0.25) is 4.90 Å². The highest BCUT2D eigenvalue weighted by Crippen LogP contribution is 2.24. The maximum absolute atomic E-state index is 5.61. The minimum atomic E-state index is 0.399. The Balaban J connectivity index is 1.68. The van der Waals surface area contributed by atoms with Gasteiger partial charge in [0.05, 0.1) is 12.6 Å². The van der Waals surface area contributed by atoms with Crippen LogP contribution in [0, 0.1) is 5.92 Å². The molecule has 2 aliphatic rings. The summed E-state index contributed by atoms with van der Waals surface area (Å²) < 4.78 is 7.75. The Morgan fingerprint density at radius 1 is 1.53 bits per heavy atom. The minimum Gasteiger partial charge on any atom is -0.381 e. The zero-order valence-electron chi connectivity index (χ0n) is 11.7. The summed E-state index contributed by atoms with van der Waals surface area (Å²) in [6, 6.07) is 0.399. The van der Waals surface area contributed by atoms with Gasteiger partial charge in [-0.25, -0.2) is 4.98 Å². The minimum absolute atomic E-state index is 0.399. The molecule has 1 aromatic rings. The van der Waals surface area contributed by atoms with Gasteiger partial charge < -0.3 is 14.6 Å². The molecular formula is C14H24N4O. The molecule has 3 heterocycles. The molecule has 0 aromatic carbocycles. The Morgan fingerprint density at radius 3 is 3.21 bits per heavy atom. The van der Waals surface area contributed by atoms with Gasteiger partial charge >= 0.3 is 0 Å². The molecule has 2 fully saturated rings. The number of nitrogens with zero attached hydrogens (tertiary/aromatic N) is 3. The predicted octanol–water partition coefficient (Wildman–Crippen LogP) is 0.793. The van der Waals surface area contributed by atoms with Crippen molar-refractivity contribution in [1.82, 2.24) is 19.8 Å². The maximum atomic E-state index is 5.61. The monoisotopic (exact) mass is 264 g/mol. The fourth-order valence-corrected chi connectivity index (χ4v) is 3.20. The topological polar surface area (TPSA) is 42.3 Å². The summed E-state index contributed by atoms with van der Waals surface area (Å²) in [6.45, 7) is 6.19. The number of aryl methyl sites for hydroxylation is 1. The lowest BCUT2D eigenvalue weighted by Gasteiger charge is -2.38. The van der Waals surface area contributed by atoms with Crippen LogP contribution in [0.4, 0.5) is 0 Å². The van der Waals surface area contributed by atoms with Crippen molar-refractivity contribution in [2.45, 2.75) is 18.9 Å². The van der Waals surface area contributed by atoms with Gasteiger partial charge in [0.15, 0.2) is 0 Å². The van der Waals surface area contributed by atoms with Crippen molar-refractivity contribution in [2.24, 2.45) is 13.0 Å². The van der Waals surface area contributed by atoms with E-state index in [1.54, 1.807) is 0 Å². The molecule has 2 unspecified atom stereocenters. The third kappa shape index (κ3) is 2.99. The quantitative estimate of drug-likeness (QED) is 0.876. The van der Waals surface area contributed by atoms with E-state index in [4.69, 9.17) is 4.74 Å². The molecular weight excluding hydrogens is 240 g/mol. The summed E-state index contributed by atoms with van der Waals surface area (Å²) in [5.41, 5.74) is 0. The normalized spacial score (nSPS) is 29.5. The Kier molecular flexibility index (Phi) is 4.15. The van der Waals surface area contributed by atoms with Gasteiger partial charge in [0, 0.05) is 52.2 Å². The highest BCUT2D eigenvalue weighted by atomic mass is 16.5. The van der Waals surface area contributed by atoms with E-state index in [9.17, 15) is 0 Å². The Morgan fingerprint density at radius 2 is 2.47 bits per heavy atom. The average molecular weight is 264 g/mol. The van der Waals surface area contributed by atoms with E-state index >= 15 is 0 Å². The van der Waals surface area contributed by atoms with Crippen molar-refractivity contribution in [2.75, 3.05) is 39.4 Å². The average Bonchev–Trinajstić information content (AvgIpc) is 2.87. The fourth-order valence-electron chi connectivity index (χ4n) is 3.20. The number of aromatic nitrogens is 2. The van der Waals surface area contributed by atoms with Crippen LogP contribution in [0.5, 0.6) is 0 Å². The Labute approximate surface area is 114 Å². The molecule has 1 aromatic heterocycles. The van der Waals surface area contributed by atoms with E-state index in [-0.39, 0.29) is 0 Å². The van der Waals surface area contributed by atoms with Crippen LogP contribution in [-0.2, 0) is 11.8 Å². The van der Waals surface area contributed by atoms with Gasteiger partial charge in [0.1, 0.15) is 5.82 Å². The summed E-state index contributed by atoms with van der Waals surface area (Å²) in [5.74, 6) is 1.86. The molecule has 2 aliphatic heterocycles. The van der Waals surface area contributed by atoms with Crippen LogP contribution in [0.15, 0.2) is 12.4 Å². The van der Waals surface area contributed by atoms with Crippen LogP contribution in [0.25, 0.3) is 0 Å². The standard InChI is InChI=1S/C14H24N4O/c1-17-6-5-16-14(17)13-9-15-4-7-18(13)10-12-3-2-8-19-11-12/h5-6,12-13,15H,2-4,7-11H2,1H3. The number of hydrogen-bond acceptors (Lipinski definition) is 4. The zero-order chi connectivity index (χ0) is 13.1. The van der Waals surface area contributed by atoms with E-state index in [1.807, 2.05) is 12.4 Å². The largest absolute Gasteiger partial charge is 0.381 e. The van der Waals surface area contributed by atoms with Crippen molar-refractivity contribution in [3.05, 3.63) is 18.2 Å². The van der Waals surface area contributed by atoms with Gasteiger partial charge in [-0.15, -0.1) is 0 Å². The summed E-state index contributed by atoms with van der Waals surface area (Å²) >= 11 is 0. The van der Waals surface area contributed by atoms with E-state index in [0.29, 0.717) is 12.0 Å². The molecule has 0 saturated carbocycles. The highest BCUT2D eigenvalue weighted by Gasteiger charge is 2.29. The van der Waals surface area contributed by atoms with E-state index in [0.717, 1.165) is 39.4 Å². The highest BCUT2D eigenvalue weighted by molar-refractivity contribution is 5.02. The molecule has 5 heteroatoms. The smallest absolute Gasteiger partial charge is 0.127 e. The van der Waals surface area contributed by atoms with Gasteiger partial charge in [0.2, 0.25) is 0 Å². The van der Waals surface area contributed by atoms with E-state index in [1.165, 1.54) is 18.7 Å². The van der Waals surface area contributed by atoms with Crippen molar-refractivity contribution >= 4 is 0 Å². The number of imidazole rings is 1. The summed E-state index contributed by atoms with van der Waals surface area (Å²) in [7, 11) is 2.08.